The lowest BCUT2D eigenvalue weighted by Gasteiger charge is -2.19. The maximum absolute atomic E-state index is 13.0. The number of hydrogen-bond acceptors (Lipinski definition) is 6. The molecule has 1 atom stereocenters. The molecule has 0 bridgehead atoms. The number of rotatable bonds is 7. The number of carbonyl (C=O) groups excluding carboxylic acids is 1. The van der Waals surface area contributed by atoms with Crippen LogP contribution in [0.2, 0.25) is 0 Å². The highest BCUT2D eigenvalue weighted by atomic mass is 32.2. The quantitative estimate of drug-likeness (QED) is 0.588. The van der Waals surface area contributed by atoms with Gasteiger partial charge in [0.05, 0.1) is 4.90 Å². The lowest BCUT2D eigenvalue weighted by atomic mass is 10.0. The number of anilines is 1. The minimum Gasteiger partial charge on any atom is -0.324 e. The van der Waals surface area contributed by atoms with E-state index < -0.39 is 16.1 Å². The molecule has 1 aromatic heterocycles. The van der Waals surface area contributed by atoms with Gasteiger partial charge in [-0.05, 0) is 48.2 Å². The molecule has 1 amide bonds. The van der Waals surface area contributed by atoms with Crippen molar-refractivity contribution in [2.45, 2.75) is 37.6 Å². The van der Waals surface area contributed by atoms with Crippen LogP contribution in [0.25, 0.3) is 11.4 Å². The van der Waals surface area contributed by atoms with Crippen LogP contribution in [0, 0.1) is 5.92 Å². The van der Waals surface area contributed by atoms with E-state index in [9.17, 15) is 13.2 Å². The number of carbonyl (C=O) groups is 1. The summed E-state index contributed by atoms with van der Waals surface area (Å²) in [5.74, 6) is 0.0512. The van der Waals surface area contributed by atoms with E-state index in [0.29, 0.717) is 24.6 Å². The van der Waals surface area contributed by atoms with E-state index in [4.69, 9.17) is 0 Å². The van der Waals surface area contributed by atoms with E-state index >= 15 is 0 Å². The Morgan fingerprint density at radius 3 is 2.28 bits per heavy atom. The fraction of sp³-hybridized carbons (Fsp3) is 0.364. The van der Waals surface area contributed by atoms with Gasteiger partial charge < -0.3 is 5.32 Å². The summed E-state index contributed by atoms with van der Waals surface area (Å²) < 4.78 is 26.9. The fourth-order valence-corrected chi connectivity index (χ4v) is 5.24. The first-order valence-electron chi connectivity index (χ1n) is 10.6. The zero-order chi connectivity index (χ0) is 22.7. The van der Waals surface area contributed by atoms with Crippen LogP contribution in [0.4, 0.5) is 5.69 Å². The molecule has 4 rings (SSSR count). The molecule has 0 aliphatic carbocycles. The first-order chi connectivity index (χ1) is 15.4. The van der Waals surface area contributed by atoms with Crippen LogP contribution in [0.3, 0.4) is 0 Å². The number of hydrogen-bond donors (Lipinski definition) is 1. The minimum atomic E-state index is -3.49. The monoisotopic (exact) mass is 454 g/mol. The number of amides is 1. The second-order valence-electron chi connectivity index (χ2n) is 8.11. The molecule has 1 aliphatic heterocycles. The summed E-state index contributed by atoms with van der Waals surface area (Å²) in [6.45, 7) is 4.91. The predicted octanol–water partition coefficient (Wildman–Crippen LogP) is 2.96. The molecule has 1 unspecified atom stereocenters. The SMILES string of the molecule is CC(C)C(C(=O)Nc1ccc(S(=O)(=O)N2CCCC2)cc1)n1nnc(-c2ccccc2)n1. The third-order valence-corrected chi connectivity index (χ3v) is 7.35. The van der Waals surface area contributed by atoms with Crippen LogP contribution >= 0.6 is 0 Å². The summed E-state index contributed by atoms with van der Waals surface area (Å²) in [5, 5.41) is 15.4. The minimum absolute atomic E-state index is 0.0948. The van der Waals surface area contributed by atoms with Gasteiger partial charge in [-0.2, -0.15) is 9.10 Å². The van der Waals surface area contributed by atoms with E-state index in [0.717, 1.165) is 18.4 Å². The van der Waals surface area contributed by atoms with E-state index in [1.54, 1.807) is 12.1 Å². The number of aromatic nitrogens is 4. The second-order valence-corrected chi connectivity index (χ2v) is 10.1. The standard InChI is InChI=1S/C22H26N6O3S/c1-16(2)20(28-25-21(24-26-28)17-8-4-3-5-9-17)22(29)23-18-10-12-19(13-11-18)32(30,31)27-14-6-7-15-27/h3-5,8-13,16,20H,6-7,14-15H2,1-2H3,(H,23,29). The van der Waals surface area contributed by atoms with Crippen LogP contribution < -0.4 is 5.32 Å². The van der Waals surface area contributed by atoms with Crippen molar-refractivity contribution in [2.24, 2.45) is 5.92 Å². The number of nitrogens with one attached hydrogen (secondary N) is 1. The van der Waals surface area contributed by atoms with Crippen molar-refractivity contribution in [1.82, 2.24) is 24.5 Å². The topological polar surface area (TPSA) is 110 Å². The van der Waals surface area contributed by atoms with Crippen LogP contribution in [0.1, 0.15) is 32.7 Å². The Balaban J connectivity index is 1.50. The Morgan fingerprint density at radius 2 is 1.66 bits per heavy atom. The summed E-state index contributed by atoms with van der Waals surface area (Å²) in [7, 11) is -3.49. The Labute approximate surface area is 187 Å². The molecule has 3 aromatic rings. The van der Waals surface area contributed by atoms with Crippen molar-refractivity contribution in [1.29, 1.82) is 0 Å². The average Bonchev–Trinajstić information content (AvgIpc) is 3.48. The molecule has 1 aliphatic rings. The van der Waals surface area contributed by atoms with Crippen molar-refractivity contribution >= 4 is 21.6 Å². The molecule has 1 fully saturated rings. The van der Waals surface area contributed by atoms with Gasteiger partial charge in [-0.1, -0.05) is 44.2 Å². The summed E-state index contributed by atoms with van der Waals surface area (Å²) in [6, 6.07) is 15.0. The van der Waals surface area contributed by atoms with Gasteiger partial charge in [-0.15, -0.1) is 10.2 Å². The molecule has 168 valence electrons. The Hall–Kier alpha value is -3.11. The van der Waals surface area contributed by atoms with Gasteiger partial charge in [0.2, 0.25) is 15.8 Å². The van der Waals surface area contributed by atoms with Gasteiger partial charge in [0.1, 0.15) is 0 Å². The molecule has 2 aromatic carbocycles. The predicted molar refractivity (Wildman–Crippen MR) is 120 cm³/mol. The number of sulfonamides is 1. The average molecular weight is 455 g/mol. The lowest BCUT2D eigenvalue weighted by Crippen LogP contribution is -2.31. The maximum Gasteiger partial charge on any atom is 0.251 e. The van der Waals surface area contributed by atoms with Gasteiger partial charge in [-0.3, -0.25) is 4.79 Å². The summed E-state index contributed by atoms with van der Waals surface area (Å²) in [4.78, 5) is 14.6. The van der Waals surface area contributed by atoms with E-state index in [1.807, 2.05) is 44.2 Å². The molecular formula is C22H26N6O3S. The van der Waals surface area contributed by atoms with Gasteiger partial charge in [-0.25, -0.2) is 8.42 Å². The third-order valence-electron chi connectivity index (χ3n) is 5.43. The van der Waals surface area contributed by atoms with E-state index in [1.165, 1.54) is 21.2 Å². The normalized spacial score (nSPS) is 15.7. The van der Waals surface area contributed by atoms with Gasteiger partial charge in [0, 0.05) is 24.3 Å². The molecule has 9 nitrogen and oxygen atoms in total. The highest BCUT2D eigenvalue weighted by molar-refractivity contribution is 7.89. The van der Waals surface area contributed by atoms with Gasteiger partial charge in [0.15, 0.2) is 6.04 Å². The Morgan fingerprint density at radius 1 is 1.00 bits per heavy atom. The molecule has 10 heteroatoms. The smallest absolute Gasteiger partial charge is 0.251 e. The van der Waals surface area contributed by atoms with Crippen LogP contribution in [-0.4, -0.2) is 51.9 Å². The molecule has 32 heavy (non-hydrogen) atoms. The van der Waals surface area contributed by atoms with Crippen LogP contribution in [-0.2, 0) is 14.8 Å². The number of tetrazole rings is 1. The summed E-state index contributed by atoms with van der Waals surface area (Å²) >= 11 is 0. The van der Waals surface area contributed by atoms with Crippen molar-refractivity contribution < 1.29 is 13.2 Å². The van der Waals surface area contributed by atoms with Crippen molar-refractivity contribution in [3.8, 4) is 11.4 Å². The molecular weight excluding hydrogens is 428 g/mol. The maximum atomic E-state index is 13.0. The Bertz CT molecular complexity index is 1170. The van der Waals surface area contributed by atoms with Crippen molar-refractivity contribution in [2.75, 3.05) is 18.4 Å². The van der Waals surface area contributed by atoms with Crippen molar-refractivity contribution in [3.05, 3.63) is 54.6 Å². The summed E-state index contributed by atoms with van der Waals surface area (Å²) in [5.41, 5.74) is 1.32. The fourth-order valence-electron chi connectivity index (χ4n) is 3.72. The Kier molecular flexibility index (Phi) is 6.33. The molecule has 1 N–H and O–H groups in total. The second kappa shape index (κ2) is 9.17. The molecule has 0 radical (unpaired) electrons. The highest BCUT2D eigenvalue weighted by Crippen LogP contribution is 2.24. The molecule has 0 spiro atoms. The first-order valence-corrected chi connectivity index (χ1v) is 12.1. The van der Waals surface area contributed by atoms with Crippen molar-refractivity contribution in [3.63, 3.8) is 0 Å². The van der Waals surface area contributed by atoms with Crippen LogP contribution in [0.15, 0.2) is 59.5 Å². The van der Waals surface area contributed by atoms with E-state index in [2.05, 4.69) is 20.7 Å². The number of nitrogens with zero attached hydrogens (tertiary/aromatic N) is 5. The summed E-state index contributed by atoms with van der Waals surface area (Å²) in [6.07, 6.45) is 1.76. The zero-order valence-electron chi connectivity index (χ0n) is 18.0. The molecule has 1 saturated heterocycles. The third kappa shape index (κ3) is 4.56. The van der Waals surface area contributed by atoms with Gasteiger partial charge >= 0.3 is 0 Å². The number of benzene rings is 2. The lowest BCUT2D eigenvalue weighted by molar-refractivity contribution is -0.121. The largest absolute Gasteiger partial charge is 0.324 e. The molecule has 2 heterocycles. The van der Waals surface area contributed by atoms with E-state index in [-0.39, 0.29) is 16.7 Å². The highest BCUT2D eigenvalue weighted by Gasteiger charge is 2.29. The molecule has 0 saturated carbocycles. The zero-order valence-corrected chi connectivity index (χ0v) is 18.9. The van der Waals surface area contributed by atoms with Gasteiger partial charge in [0.25, 0.3) is 5.91 Å². The van der Waals surface area contributed by atoms with Crippen LogP contribution in [0.5, 0.6) is 0 Å². The first kappa shape index (κ1) is 22.1.